The molecule has 7 heteroatoms. The van der Waals surface area contributed by atoms with Gasteiger partial charge < -0.3 is 10.1 Å². The molecule has 1 aromatic rings. The summed E-state index contributed by atoms with van der Waals surface area (Å²) in [6.07, 6.45) is 2.07. The van der Waals surface area contributed by atoms with Gasteiger partial charge >= 0.3 is 0 Å². The van der Waals surface area contributed by atoms with Crippen molar-refractivity contribution in [1.82, 2.24) is 9.62 Å². The first kappa shape index (κ1) is 21.3. The smallest absolute Gasteiger partial charge is 0.243 e. The van der Waals surface area contributed by atoms with Crippen molar-refractivity contribution in [2.75, 3.05) is 19.7 Å². The number of carbonyl (C=O) groups excluding carboxylic acids is 1. The molecule has 0 aliphatic carbocycles. The lowest BCUT2D eigenvalue weighted by Gasteiger charge is -2.38. The van der Waals surface area contributed by atoms with Crippen LogP contribution in [0.5, 0.6) is 0 Å². The summed E-state index contributed by atoms with van der Waals surface area (Å²) in [7, 11) is -3.49. The fourth-order valence-corrected chi connectivity index (χ4v) is 5.40. The second kappa shape index (κ2) is 8.13. The molecule has 28 heavy (non-hydrogen) atoms. The normalized spacial score (nSPS) is 22.9. The third-order valence-corrected chi connectivity index (χ3v) is 7.81. The Morgan fingerprint density at radius 1 is 1.14 bits per heavy atom. The van der Waals surface area contributed by atoms with Gasteiger partial charge in [-0.25, -0.2) is 8.42 Å². The summed E-state index contributed by atoms with van der Waals surface area (Å²) in [5, 5.41) is 3.04. The molecule has 2 aliphatic rings. The second-order valence-corrected chi connectivity index (χ2v) is 10.6. The molecule has 0 unspecified atom stereocenters. The number of benzene rings is 1. The third-order valence-electron chi connectivity index (χ3n) is 5.90. The van der Waals surface area contributed by atoms with Gasteiger partial charge in [0.1, 0.15) is 0 Å². The Labute approximate surface area is 168 Å². The minimum Gasteiger partial charge on any atom is -0.373 e. The Kier molecular flexibility index (Phi) is 6.17. The first-order valence-electron chi connectivity index (χ1n) is 10.2. The molecule has 0 saturated carbocycles. The van der Waals surface area contributed by atoms with E-state index in [4.69, 9.17) is 4.74 Å². The number of amides is 1. The molecule has 1 atom stereocenters. The van der Waals surface area contributed by atoms with Gasteiger partial charge in [-0.15, -0.1) is 0 Å². The molecule has 1 aromatic carbocycles. The maximum atomic E-state index is 13.0. The standard InChI is InChI=1S/C21H32N2O4S/c1-15(2)17-5-7-19(8-6-17)28(25,26)23-11-9-21(10-12-23)13-18(14-27-21)22-20(24)16(3)4/h5-8,15-16,18H,9-14H2,1-4H3,(H,22,24)/t18-/m0/s1. The van der Waals surface area contributed by atoms with Gasteiger partial charge in [-0.3, -0.25) is 4.79 Å². The fourth-order valence-electron chi connectivity index (χ4n) is 3.96. The number of carbonyl (C=O) groups is 1. The van der Waals surface area contributed by atoms with Crippen LogP contribution in [0.15, 0.2) is 29.2 Å². The van der Waals surface area contributed by atoms with Crippen LogP contribution in [0, 0.1) is 5.92 Å². The van der Waals surface area contributed by atoms with E-state index in [0.29, 0.717) is 43.4 Å². The molecule has 156 valence electrons. The van der Waals surface area contributed by atoms with E-state index < -0.39 is 10.0 Å². The van der Waals surface area contributed by atoms with Crippen molar-refractivity contribution in [2.45, 2.75) is 69.4 Å². The van der Waals surface area contributed by atoms with Crippen molar-refractivity contribution < 1.29 is 17.9 Å². The molecule has 2 aliphatic heterocycles. The van der Waals surface area contributed by atoms with Crippen LogP contribution in [-0.2, 0) is 19.6 Å². The van der Waals surface area contributed by atoms with E-state index in [1.807, 2.05) is 26.0 Å². The lowest BCUT2D eigenvalue weighted by atomic mass is 9.88. The van der Waals surface area contributed by atoms with E-state index in [0.717, 1.165) is 12.0 Å². The van der Waals surface area contributed by atoms with E-state index >= 15 is 0 Å². The van der Waals surface area contributed by atoms with Crippen molar-refractivity contribution in [3.63, 3.8) is 0 Å². The largest absolute Gasteiger partial charge is 0.373 e. The van der Waals surface area contributed by atoms with Gasteiger partial charge in [0.25, 0.3) is 0 Å². The topological polar surface area (TPSA) is 75.7 Å². The fraction of sp³-hybridized carbons (Fsp3) is 0.667. The lowest BCUT2D eigenvalue weighted by molar-refractivity contribution is -0.124. The third kappa shape index (κ3) is 4.42. The molecule has 0 aromatic heterocycles. The number of hydrogen-bond donors (Lipinski definition) is 1. The quantitative estimate of drug-likeness (QED) is 0.813. The number of sulfonamides is 1. The zero-order valence-electron chi connectivity index (χ0n) is 17.3. The number of piperidine rings is 1. The average Bonchev–Trinajstić information content (AvgIpc) is 3.04. The lowest BCUT2D eigenvalue weighted by Crippen LogP contribution is -2.47. The highest BCUT2D eigenvalue weighted by Gasteiger charge is 2.45. The Hall–Kier alpha value is -1.44. The number of ether oxygens (including phenoxy) is 1. The van der Waals surface area contributed by atoms with E-state index in [1.54, 1.807) is 16.4 Å². The molecule has 6 nitrogen and oxygen atoms in total. The number of nitrogens with zero attached hydrogens (tertiary/aromatic N) is 1. The van der Waals surface area contributed by atoms with Crippen LogP contribution in [0.2, 0.25) is 0 Å². The summed E-state index contributed by atoms with van der Waals surface area (Å²) < 4.78 is 33.6. The van der Waals surface area contributed by atoms with Crippen LogP contribution in [-0.4, -0.2) is 50.0 Å². The Bertz CT molecular complexity index is 794. The van der Waals surface area contributed by atoms with Crippen molar-refractivity contribution in [1.29, 1.82) is 0 Å². The number of nitrogens with one attached hydrogen (secondary N) is 1. The monoisotopic (exact) mass is 408 g/mol. The Morgan fingerprint density at radius 3 is 2.29 bits per heavy atom. The zero-order chi connectivity index (χ0) is 20.5. The minimum absolute atomic E-state index is 0.0154. The van der Waals surface area contributed by atoms with Gasteiger partial charge in [0.05, 0.1) is 23.1 Å². The van der Waals surface area contributed by atoms with Crippen LogP contribution >= 0.6 is 0 Å². The molecule has 0 bridgehead atoms. The predicted octanol–water partition coefficient (Wildman–Crippen LogP) is 2.89. The van der Waals surface area contributed by atoms with E-state index in [2.05, 4.69) is 19.2 Å². The molecule has 1 amide bonds. The van der Waals surface area contributed by atoms with Gasteiger partial charge in [0.2, 0.25) is 15.9 Å². The molecular weight excluding hydrogens is 376 g/mol. The summed E-state index contributed by atoms with van der Waals surface area (Å²) in [4.78, 5) is 12.3. The van der Waals surface area contributed by atoms with Crippen molar-refractivity contribution >= 4 is 15.9 Å². The first-order chi connectivity index (χ1) is 13.1. The summed E-state index contributed by atoms with van der Waals surface area (Å²) in [6, 6.07) is 7.22. The van der Waals surface area contributed by atoms with Gasteiger partial charge in [-0.1, -0.05) is 39.8 Å². The van der Waals surface area contributed by atoms with Crippen molar-refractivity contribution in [3.05, 3.63) is 29.8 Å². The molecular formula is C21H32N2O4S. The highest BCUT2D eigenvalue weighted by atomic mass is 32.2. The van der Waals surface area contributed by atoms with Crippen LogP contribution in [0.4, 0.5) is 0 Å². The molecule has 0 radical (unpaired) electrons. The molecule has 2 heterocycles. The van der Waals surface area contributed by atoms with Crippen LogP contribution < -0.4 is 5.32 Å². The summed E-state index contributed by atoms with van der Waals surface area (Å²) in [5.74, 6) is 0.358. The van der Waals surface area contributed by atoms with E-state index in [9.17, 15) is 13.2 Å². The highest BCUT2D eigenvalue weighted by molar-refractivity contribution is 7.89. The second-order valence-electron chi connectivity index (χ2n) is 8.69. The SMILES string of the molecule is CC(C)C(=O)N[C@@H]1COC2(CCN(S(=O)(=O)c3ccc(C(C)C)cc3)CC2)C1. The van der Waals surface area contributed by atoms with Crippen LogP contribution in [0.1, 0.15) is 58.4 Å². The Morgan fingerprint density at radius 2 is 1.75 bits per heavy atom. The summed E-state index contributed by atoms with van der Waals surface area (Å²) in [5.41, 5.74) is 0.813. The van der Waals surface area contributed by atoms with Crippen LogP contribution in [0.3, 0.4) is 0 Å². The van der Waals surface area contributed by atoms with Gasteiger partial charge in [-0.2, -0.15) is 4.31 Å². The molecule has 1 N–H and O–H groups in total. The van der Waals surface area contributed by atoms with Gasteiger partial charge in [0, 0.05) is 19.0 Å². The maximum Gasteiger partial charge on any atom is 0.243 e. The Balaban J connectivity index is 1.61. The summed E-state index contributed by atoms with van der Waals surface area (Å²) >= 11 is 0. The molecule has 2 fully saturated rings. The average molecular weight is 409 g/mol. The van der Waals surface area contributed by atoms with Crippen LogP contribution in [0.25, 0.3) is 0 Å². The van der Waals surface area contributed by atoms with Crippen molar-refractivity contribution in [2.24, 2.45) is 5.92 Å². The molecule has 3 rings (SSSR count). The van der Waals surface area contributed by atoms with E-state index in [-0.39, 0.29) is 23.5 Å². The number of hydrogen-bond acceptors (Lipinski definition) is 4. The minimum atomic E-state index is -3.49. The highest BCUT2D eigenvalue weighted by Crippen LogP contribution is 2.37. The first-order valence-corrected chi connectivity index (χ1v) is 11.6. The number of rotatable bonds is 5. The maximum absolute atomic E-state index is 13.0. The zero-order valence-corrected chi connectivity index (χ0v) is 18.1. The van der Waals surface area contributed by atoms with E-state index in [1.165, 1.54) is 0 Å². The van der Waals surface area contributed by atoms with Crippen molar-refractivity contribution in [3.8, 4) is 0 Å². The van der Waals surface area contributed by atoms with Gasteiger partial charge in [0.15, 0.2) is 0 Å². The predicted molar refractivity (Wildman–Crippen MR) is 109 cm³/mol. The molecule has 2 saturated heterocycles. The molecule has 1 spiro atoms. The summed E-state index contributed by atoms with van der Waals surface area (Å²) in [6.45, 7) is 9.31. The van der Waals surface area contributed by atoms with Gasteiger partial charge in [-0.05, 0) is 42.9 Å².